The summed E-state index contributed by atoms with van der Waals surface area (Å²) in [4.78, 5) is 23.3. The van der Waals surface area contributed by atoms with Crippen LogP contribution in [-0.4, -0.2) is 18.3 Å². The first-order chi connectivity index (χ1) is 11.0. The third kappa shape index (κ3) is 4.79. The summed E-state index contributed by atoms with van der Waals surface area (Å²) >= 11 is 6.00. The van der Waals surface area contributed by atoms with Crippen molar-refractivity contribution in [3.8, 4) is 5.75 Å². The fourth-order valence-electron chi connectivity index (χ4n) is 1.93. The monoisotopic (exact) mass is 335 g/mol. The van der Waals surface area contributed by atoms with E-state index in [1.807, 2.05) is 6.07 Å². The highest BCUT2D eigenvalue weighted by Crippen LogP contribution is 2.20. The first-order valence-corrected chi connectivity index (χ1v) is 7.28. The molecule has 0 bridgehead atoms. The molecule has 0 aliphatic heterocycles. The van der Waals surface area contributed by atoms with Gasteiger partial charge in [-0.1, -0.05) is 29.8 Å². The zero-order valence-corrected chi connectivity index (χ0v) is 13.2. The Kier molecular flexibility index (Phi) is 5.71. The zero-order valence-electron chi connectivity index (χ0n) is 12.4. The second-order valence-electron chi connectivity index (χ2n) is 4.85. The molecule has 0 heterocycles. The normalized spacial score (nSPS) is 10.2. The van der Waals surface area contributed by atoms with Gasteiger partial charge in [0, 0.05) is 11.6 Å². The molecular formula is C17H15ClFNO3. The predicted molar refractivity (Wildman–Crippen MR) is 85.2 cm³/mol. The first-order valence-electron chi connectivity index (χ1n) is 6.91. The summed E-state index contributed by atoms with van der Waals surface area (Å²) in [5, 5.41) is 3.22. The molecule has 120 valence electrons. The number of nitrogens with one attached hydrogen (secondary N) is 1. The summed E-state index contributed by atoms with van der Waals surface area (Å²) in [5.74, 6) is -1.07. The van der Waals surface area contributed by atoms with E-state index in [2.05, 4.69) is 5.32 Å². The van der Waals surface area contributed by atoms with Crippen molar-refractivity contribution in [1.29, 1.82) is 0 Å². The van der Waals surface area contributed by atoms with Crippen molar-refractivity contribution in [3.63, 3.8) is 0 Å². The number of carbonyl (C=O) groups excluding carboxylic acids is 2. The number of carbonyl (C=O) groups is 2. The molecule has 0 atom stereocenters. The summed E-state index contributed by atoms with van der Waals surface area (Å²) in [6.07, 6.45) is 0. The smallest absolute Gasteiger partial charge is 0.258 e. The van der Waals surface area contributed by atoms with Crippen LogP contribution < -0.4 is 10.1 Å². The van der Waals surface area contributed by atoms with Crippen LogP contribution in [0.25, 0.3) is 0 Å². The van der Waals surface area contributed by atoms with Gasteiger partial charge in [-0.3, -0.25) is 9.59 Å². The summed E-state index contributed by atoms with van der Waals surface area (Å²) < 4.78 is 18.5. The maximum absolute atomic E-state index is 13.2. The van der Waals surface area contributed by atoms with Crippen LogP contribution in [0.5, 0.6) is 5.75 Å². The number of rotatable bonds is 6. The SMILES string of the molecule is CC(=O)c1cc(F)ccc1OCC(=O)NCc1ccccc1Cl. The van der Waals surface area contributed by atoms with Gasteiger partial charge in [-0.15, -0.1) is 0 Å². The average molecular weight is 336 g/mol. The molecule has 0 saturated carbocycles. The standard InChI is InChI=1S/C17H15ClFNO3/c1-11(21)14-8-13(19)6-7-16(14)23-10-17(22)20-9-12-4-2-3-5-15(12)18/h2-8H,9-10H2,1H3,(H,20,22). The van der Waals surface area contributed by atoms with Crippen LogP contribution in [0.3, 0.4) is 0 Å². The fraction of sp³-hybridized carbons (Fsp3) is 0.176. The van der Waals surface area contributed by atoms with Crippen molar-refractivity contribution in [1.82, 2.24) is 5.32 Å². The van der Waals surface area contributed by atoms with E-state index in [9.17, 15) is 14.0 Å². The third-order valence-electron chi connectivity index (χ3n) is 3.11. The number of halogens is 2. The van der Waals surface area contributed by atoms with Gasteiger partial charge in [-0.25, -0.2) is 4.39 Å². The number of hydrogen-bond donors (Lipinski definition) is 1. The molecule has 2 aromatic rings. The van der Waals surface area contributed by atoms with Crippen LogP contribution in [0, 0.1) is 5.82 Å². The van der Waals surface area contributed by atoms with Crippen LogP contribution in [0.4, 0.5) is 4.39 Å². The topological polar surface area (TPSA) is 55.4 Å². The van der Waals surface area contributed by atoms with E-state index in [1.54, 1.807) is 18.2 Å². The molecule has 23 heavy (non-hydrogen) atoms. The quantitative estimate of drug-likeness (QED) is 0.823. The van der Waals surface area contributed by atoms with Crippen LogP contribution in [0.1, 0.15) is 22.8 Å². The van der Waals surface area contributed by atoms with E-state index in [1.165, 1.54) is 19.1 Å². The van der Waals surface area contributed by atoms with Crippen LogP contribution >= 0.6 is 11.6 Å². The van der Waals surface area contributed by atoms with Gasteiger partial charge < -0.3 is 10.1 Å². The largest absolute Gasteiger partial charge is 0.483 e. The Morgan fingerprint density at radius 2 is 1.96 bits per heavy atom. The number of amides is 1. The Labute approximate surface area is 138 Å². The fourth-order valence-corrected chi connectivity index (χ4v) is 2.14. The molecule has 0 aromatic heterocycles. The lowest BCUT2D eigenvalue weighted by Gasteiger charge is -2.11. The van der Waals surface area contributed by atoms with Crippen molar-refractivity contribution in [2.24, 2.45) is 0 Å². The van der Waals surface area contributed by atoms with E-state index in [0.717, 1.165) is 11.6 Å². The second-order valence-corrected chi connectivity index (χ2v) is 5.26. The van der Waals surface area contributed by atoms with E-state index < -0.39 is 5.82 Å². The lowest BCUT2D eigenvalue weighted by atomic mass is 10.1. The van der Waals surface area contributed by atoms with Crippen molar-refractivity contribution in [2.75, 3.05) is 6.61 Å². The number of ketones is 1. The van der Waals surface area contributed by atoms with Gasteiger partial charge in [0.25, 0.3) is 5.91 Å². The van der Waals surface area contributed by atoms with Gasteiger partial charge in [0.2, 0.25) is 0 Å². The molecule has 6 heteroatoms. The minimum absolute atomic E-state index is 0.101. The van der Waals surface area contributed by atoms with Crippen molar-refractivity contribution < 1.29 is 18.7 Å². The van der Waals surface area contributed by atoms with Crippen LogP contribution in [-0.2, 0) is 11.3 Å². The highest BCUT2D eigenvalue weighted by atomic mass is 35.5. The summed E-state index contributed by atoms with van der Waals surface area (Å²) in [5.41, 5.74) is 0.887. The molecule has 0 saturated heterocycles. The lowest BCUT2D eigenvalue weighted by molar-refractivity contribution is -0.123. The van der Waals surface area contributed by atoms with Gasteiger partial charge in [0.15, 0.2) is 12.4 Å². The molecule has 0 radical (unpaired) electrons. The highest BCUT2D eigenvalue weighted by molar-refractivity contribution is 6.31. The molecule has 0 aliphatic carbocycles. The Morgan fingerprint density at radius 1 is 1.22 bits per heavy atom. The van der Waals surface area contributed by atoms with Gasteiger partial charge in [0.1, 0.15) is 11.6 Å². The first kappa shape index (κ1) is 17.0. The second kappa shape index (κ2) is 7.74. The van der Waals surface area contributed by atoms with Gasteiger partial charge in [0.05, 0.1) is 5.56 Å². The molecule has 0 fully saturated rings. The Morgan fingerprint density at radius 3 is 2.65 bits per heavy atom. The Hall–Kier alpha value is -2.40. The van der Waals surface area contributed by atoms with Crippen LogP contribution in [0.2, 0.25) is 5.02 Å². The number of ether oxygens (including phenoxy) is 1. The van der Waals surface area contributed by atoms with Gasteiger partial charge in [-0.05, 0) is 36.8 Å². The van der Waals surface area contributed by atoms with Gasteiger partial charge >= 0.3 is 0 Å². The van der Waals surface area contributed by atoms with Crippen molar-refractivity contribution in [2.45, 2.75) is 13.5 Å². The minimum Gasteiger partial charge on any atom is -0.483 e. The maximum atomic E-state index is 13.2. The molecule has 0 spiro atoms. The minimum atomic E-state index is -0.536. The number of benzene rings is 2. The summed E-state index contributed by atoms with van der Waals surface area (Å²) in [6, 6.07) is 10.7. The van der Waals surface area contributed by atoms with Gasteiger partial charge in [-0.2, -0.15) is 0 Å². The highest BCUT2D eigenvalue weighted by Gasteiger charge is 2.12. The van der Waals surface area contributed by atoms with E-state index in [4.69, 9.17) is 16.3 Å². The summed E-state index contributed by atoms with van der Waals surface area (Å²) in [6.45, 7) is 1.29. The summed E-state index contributed by atoms with van der Waals surface area (Å²) in [7, 11) is 0. The molecule has 2 rings (SSSR count). The molecular weight excluding hydrogens is 321 g/mol. The zero-order chi connectivity index (χ0) is 16.8. The Bertz CT molecular complexity index is 734. The Balaban J connectivity index is 1.92. The average Bonchev–Trinajstić information content (AvgIpc) is 2.52. The van der Waals surface area contributed by atoms with E-state index >= 15 is 0 Å². The predicted octanol–water partition coefficient (Wildman–Crippen LogP) is 3.38. The molecule has 0 unspecified atom stereocenters. The number of Topliss-reactive ketones (excluding diaryl/α,β-unsaturated/α-hetero) is 1. The maximum Gasteiger partial charge on any atom is 0.258 e. The molecule has 2 aromatic carbocycles. The molecule has 4 nitrogen and oxygen atoms in total. The lowest BCUT2D eigenvalue weighted by Crippen LogP contribution is -2.28. The number of hydrogen-bond acceptors (Lipinski definition) is 3. The third-order valence-corrected chi connectivity index (χ3v) is 3.48. The van der Waals surface area contributed by atoms with Crippen LogP contribution in [0.15, 0.2) is 42.5 Å². The van der Waals surface area contributed by atoms with E-state index in [-0.39, 0.29) is 36.2 Å². The molecule has 0 aliphatic rings. The van der Waals surface area contributed by atoms with E-state index in [0.29, 0.717) is 5.02 Å². The van der Waals surface area contributed by atoms with Crippen molar-refractivity contribution in [3.05, 3.63) is 64.4 Å². The van der Waals surface area contributed by atoms with Crippen molar-refractivity contribution >= 4 is 23.3 Å². The molecule has 1 N–H and O–H groups in total. The molecule has 1 amide bonds.